The highest BCUT2D eigenvalue weighted by Crippen LogP contribution is 2.24. The van der Waals surface area contributed by atoms with Crippen molar-refractivity contribution in [2.24, 2.45) is 0 Å². The Bertz CT molecular complexity index is 724. The summed E-state index contributed by atoms with van der Waals surface area (Å²) < 4.78 is 1.89. The van der Waals surface area contributed by atoms with Gasteiger partial charge in [-0.3, -0.25) is 0 Å². The molecule has 5 nitrogen and oxygen atoms in total. The van der Waals surface area contributed by atoms with E-state index in [9.17, 15) is 0 Å². The van der Waals surface area contributed by atoms with Crippen LogP contribution >= 0.6 is 11.3 Å². The van der Waals surface area contributed by atoms with Crippen LogP contribution in [0.15, 0.2) is 30.0 Å². The molecule has 3 aromatic rings. The van der Waals surface area contributed by atoms with Crippen molar-refractivity contribution in [3.8, 4) is 0 Å². The molecular formula is C15H19N5S. The summed E-state index contributed by atoms with van der Waals surface area (Å²) in [6.07, 6.45) is 6.40. The molecule has 0 aliphatic heterocycles. The fourth-order valence-corrected chi connectivity index (χ4v) is 2.71. The Hall–Kier alpha value is -1.95. The normalized spacial score (nSPS) is 12.0. The molecule has 0 atom stereocenters. The SMILES string of the molecule is CC(C)(C)c1cc2c(NCCc3nccs3)nccn2n1. The van der Waals surface area contributed by atoms with Gasteiger partial charge >= 0.3 is 0 Å². The maximum Gasteiger partial charge on any atom is 0.152 e. The van der Waals surface area contributed by atoms with Crippen LogP contribution in [0.1, 0.15) is 31.5 Å². The molecule has 0 amide bonds. The fourth-order valence-electron chi connectivity index (χ4n) is 2.09. The molecule has 0 unspecified atom stereocenters. The van der Waals surface area contributed by atoms with Crippen LogP contribution in [0.4, 0.5) is 5.82 Å². The first-order valence-corrected chi connectivity index (χ1v) is 7.89. The molecule has 0 aliphatic carbocycles. The van der Waals surface area contributed by atoms with Gasteiger partial charge in [0.25, 0.3) is 0 Å². The summed E-state index contributed by atoms with van der Waals surface area (Å²) >= 11 is 1.68. The van der Waals surface area contributed by atoms with E-state index in [4.69, 9.17) is 0 Å². The van der Waals surface area contributed by atoms with Gasteiger partial charge in [-0.1, -0.05) is 20.8 Å². The molecule has 1 N–H and O–H groups in total. The topological polar surface area (TPSA) is 55.1 Å². The minimum absolute atomic E-state index is 0.0319. The Morgan fingerprint density at radius 3 is 2.81 bits per heavy atom. The number of aromatic nitrogens is 4. The van der Waals surface area contributed by atoms with Gasteiger partial charge in [0.2, 0.25) is 0 Å². The highest BCUT2D eigenvalue weighted by atomic mass is 32.1. The molecule has 0 bridgehead atoms. The second-order valence-corrected chi connectivity index (χ2v) is 6.97. The number of hydrogen-bond acceptors (Lipinski definition) is 5. The van der Waals surface area contributed by atoms with Gasteiger partial charge in [0, 0.05) is 42.4 Å². The first kappa shape index (κ1) is 14.0. The van der Waals surface area contributed by atoms with Crippen LogP contribution in [0.25, 0.3) is 5.52 Å². The van der Waals surface area contributed by atoms with E-state index >= 15 is 0 Å². The first-order chi connectivity index (χ1) is 10.0. The Morgan fingerprint density at radius 2 is 2.10 bits per heavy atom. The molecule has 0 saturated heterocycles. The van der Waals surface area contributed by atoms with Crippen LogP contribution in [0, 0.1) is 0 Å². The van der Waals surface area contributed by atoms with Crippen molar-refractivity contribution >= 4 is 22.7 Å². The lowest BCUT2D eigenvalue weighted by Crippen LogP contribution is -2.11. The average molecular weight is 301 g/mol. The van der Waals surface area contributed by atoms with Gasteiger partial charge in [-0.15, -0.1) is 11.3 Å². The number of fused-ring (bicyclic) bond motifs is 1. The molecule has 6 heteroatoms. The molecule has 3 aromatic heterocycles. The highest BCUT2D eigenvalue weighted by molar-refractivity contribution is 7.09. The molecule has 0 saturated carbocycles. The predicted molar refractivity (Wildman–Crippen MR) is 86.0 cm³/mol. The Kier molecular flexibility index (Phi) is 3.63. The van der Waals surface area contributed by atoms with Crippen molar-refractivity contribution in [1.82, 2.24) is 19.6 Å². The maximum absolute atomic E-state index is 4.63. The third-order valence-electron chi connectivity index (χ3n) is 3.27. The van der Waals surface area contributed by atoms with E-state index in [1.807, 2.05) is 22.3 Å². The molecular weight excluding hydrogens is 282 g/mol. The average Bonchev–Trinajstić information content (AvgIpc) is 3.06. The van der Waals surface area contributed by atoms with Crippen LogP contribution in [0.2, 0.25) is 0 Å². The van der Waals surface area contributed by atoms with Crippen molar-refractivity contribution in [2.45, 2.75) is 32.6 Å². The molecule has 0 fully saturated rings. The van der Waals surface area contributed by atoms with Gasteiger partial charge in [0.1, 0.15) is 5.52 Å². The monoisotopic (exact) mass is 301 g/mol. The number of nitrogens with one attached hydrogen (secondary N) is 1. The van der Waals surface area contributed by atoms with Crippen molar-refractivity contribution in [3.63, 3.8) is 0 Å². The van der Waals surface area contributed by atoms with Gasteiger partial charge in [-0.05, 0) is 6.07 Å². The zero-order valence-electron chi connectivity index (χ0n) is 12.5. The Balaban J connectivity index is 1.80. The number of anilines is 1. The highest BCUT2D eigenvalue weighted by Gasteiger charge is 2.18. The van der Waals surface area contributed by atoms with E-state index in [0.717, 1.165) is 35.0 Å². The molecule has 110 valence electrons. The van der Waals surface area contributed by atoms with Gasteiger partial charge in [0.15, 0.2) is 5.82 Å². The van der Waals surface area contributed by atoms with E-state index < -0.39 is 0 Å². The molecule has 0 radical (unpaired) electrons. The minimum atomic E-state index is 0.0319. The lowest BCUT2D eigenvalue weighted by molar-refractivity contribution is 0.562. The van der Waals surface area contributed by atoms with Crippen molar-refractivity contribution in [1.29, 1.82) is 0 Å². The minimum Gasteiger partial charge on any atom is -0.368 e. The smallest absolute Gasteiger partial charge is 0.152 e. The van der Waals surface area contributed by atoms with Crippen molar-refractivity contribution < 1.29 is 0 Å². The number of hydrogen-bond donors (Lipinski definition) is 1. The van der Waals surface area contributed by atoms with Crippen molar-refractivity contribution in [2.75, 3.05) is 11.9 Å². The summed E-state index contributed by atoms with van der Waals surface area (Å²) in [6.45, 7) is 7.31. The molecule has 0 aromatic carbocycles. The maximum atomic E-state index is 4.63. The van der Waals surface area contributed by atoms with Gasteiger partial charge in [0.05, 0.1) is 10.7 Å². The van der Waals surface area contributed by atoms with Gasteiger partial charge in [-0.2, -0.15) is 5.10 Å². The largest absolute Gasteiger partial charge is 0.368 e. The zero-order valence-corrected chi connectivity index (χ0v) is 13.3. The van der Waals surface area contributed by atoms with E-state index in [2.05, 4.69) is 47.2 Å². The number of thiazole rings is 1. The van der Waals surface area contributed by atoms with Crippen LogP contribution < -0.4 is 5.32 Å². The summed E-state index contributed by atoms with van der Waals surface area (Å²) in [5.41, 5.74) is 2.12. The predicted octanol–water partition coefficient (Wildman–Crippen LogP) is 3.14. The standard InChI is InChI=1S/C15H19N5S/c1-15(2,3)12-10-11-14(18-6-8-20(11)19-12)17-5-4-13-16-7-9-21-13/h6-10H,4-5H2,1-3H3,(H,17,18). The summed E-state index contributed by atoms with van der Waals surface area (Å²) in [5, 5.41) is 11.2. The molecule has 0 aliphatic rings. The van der Waals surface area contributed by atoms with E-state index in [1.165, 1.54) is 0 Å². The lowest BCUT2D eigenvalue weighted by Gasteiger charge is -2.13. The fraction of sp³-hybridized carbons (Fsp3) is 0.400. The number of nitrogens with zero attached hydrogens (tertiary/aromatic N) is 4. The quantitative estimate of drug-likeness (QED) is 0.804. The first-order valence-electron chi connectivity index (χ1n) is 7.01. The van der Waals surface area contributed by atoms with E-state index in [0.29, 0.717) is 0 Å². The molecule has 21 heavy (non-hydrogen) atoms. The van der Waals surface area contributed by atoms with Gasteiger partial charge < -0.3 is 5.32 Å². The lowest BCUT2D eigenvalue weighted by atomic mass is 9.92. The van der Waals surface area contributed by atoms with Crippen LogP contribution in [0.3, 0.4) is 0 Å². The van der Waals surface area contributed by atoms with Gasteiger partial charge in [-0.25, -0.2) is 14.5 Å². The van der Waals surface area contributed by atoms with Crippen LogP contribution in [-0.2, 0) is 11.8 Å². The number of rotatable bonds is 4. The zero-order chi connectivity index (χ0) is 14.9. The molecule has 3 rings (SSSR count). The van der Waals surface area contributed by atoms with E-state index in [1.54, 1.807) is 17.5 Å². The second kappa shape index (κ2) is 5.44. The van der Waals surface area contributed by atoms with Crippen molar-refractivity contribution in [3.05, 3.63) is 40.7 Å². The van der Waals surface area contributed by atoms with Crippen LogP contribution in [0.5, 0.6) is 0 Å². The summed E-state index contributed by atoms with van der Waals surface area (Å²) in [4.78, 5) is 8.72. The van der Waals surface area contributed by atoms with Crippen LogP contribution in [-0.4, -0.2) is 26.1 Å². The summed E-state index contributed by atoms with van der Waals surface area (Å²) in [7, 11) is 0. The third kappa shape index (κ3) is 3.05. The summed E-state index contributed by atoms with van der Waals surface area (Å²) in [5.74, 6) is 0.872. The Labute approximate surface area is 128 Å². The third-order valence-corrected chi connectivity index (χ3v) is 4.11. The molecule has 0 spiro atoms. The van der Waals surface area contributed by atoms with E-state index in [-0.39, 0.29) is 5.41 Å². The Morgan fingerprint density at radius 1 is 1.24 bits per heavy atom. The molecule has 3 heterocycles. The summed E-state index contributed by atoms with van der Waals surface area (Å²) in [6, 6.07) is 2.11. The second-order valence-electron chi connectivity index (χ2n) is 5.99.